The molecule has 1 aliphatic heterocycles. The first kappa shape index (κ1) is 18.7. The van der Waals surface area contributed by atoms with E-state index in [2.05, 4.69) is 14.3 Å². The third-order valence-electron chi connectivity index (χ3n) is 4.78. The van der Waals surface area contributed by atoms with Crippen molar-refractivity contribution in [2.75, 3.05) is 11.5 Å². The Morgan fingerprint density at radius 2 is 1.92 bits per heavy atom. The molecule has 2 atom stereocenters. The number of hydrogen-bond acceptors (Lipinski definition) is 5. The van der Waals surface area contributed by atoms with Crippen LogP contribution in [0.2, 0.25) is 0 Å². The van der Waals surface area contributed by atoms with Gasteiger partial charge in [-0.05, 0) is 12.8 Å². The molecule has 6 nitrogen and oxygen atoms in total. The average Bonchev–Trinajstić information content (AvgIpc) is 2.65. The quantitative estimate of drug-likeness (QED) is 0.869. The molecule has 2 unspecified atom stereocenters. The molecule has 26 heavy (non-hydrogen) atoms. The molecule has 1 aliphatic rings. The van der Waals surface area contributed by atoms with E-state index in [9.17, 15) is 9.00 Å². The van der Waals surface area contributed by atoms with Gasteiger partial charge in [0.05, 0.1) is 33.4 Å². The van der Waals surface area contributed by atoms with Gasteiger partial charge in [-0.1, -0.05) is 44.2 Å². The fourth-order valence-electron chi connectivity index (χ4n) is 2.84. The minimum absolute atomic E-state index is 0.315. The van der Waals surface area contributed by atoms with Crippen LogP contribution in [0.1, 0.15) is 32.4 Å². The molecule has 0 bridgehead atoms. The van der Waals surface area contributed by atoms with Gasteiger partial charge >= 0.3 is 0 Å². The second kappa shape index (κ2) is 7.25. The first-order valence-corrected chi connectivity index (χ1v) is 10.5. The Morgan fingerprint density at radius 3 is 2.54 bits per heavy atom. The van der Waals surface area contributed by atoms with Crippen LogP contribution >= 0.6 is 0 Å². The van der Waals surface area contributed by atoms with E-state index in [1.54, 1.807) is 12.4 Å². The summed E-state index contributed by atoms with van der Waals surface area (Å²) in [6.07, 6.45) is 4.58. The zero-order chi connectivity index (χ0) is 18.8. The zero-order valence-electron chi connectivity index (χ0n) is 15.1. The van der Waals surface area contributed by atoms with Crippen molar-refractivity contribution in [1.82, 2.24) is 9.97 Å². The molecular weight excluding hydrogens is 348 g/mol. The van der Waals surface area contributed by atoms with Crippen molar-refractivity contribution >= 4 is 15.6 Å². The highest BCUT2D eigenvalue weighted by Crippen LogP contribution is 2.27. The highest BCUT2D eigenvalue weighted by molar-refractivity contribution is 7.93. The molecule has 1 amide bonds. The Balaban J connectivity index is 1.73. The number of carbonyl (C=O) groups excluding carboxylic acids is 1. The van der Waals surface area contributed by atoms with Gasteiger partial charge in [-0.25, -0.2) is 4.21 Å². The van der Waals surface area contributed by atoms with Crippen LogP contribution in [0, 0.1) is 0 Å². The summed E-state index contributed by atoms with van der Waals surface area (Å²) in [4.78, 5) is 20.8. The Hall–Kier alpha value is -2.12. The first-order valence-electron chi connectivity index (χ1n) is 8.69. The molecule has 0 saturated carbocycles. The lowest BCUT2D eigenvalue weighted by Gasteiger charge is -2.26. The van der Waals surface area contributed by atoms with E-state index in [0.29, 0.717) is 24.3 Å². The van der Waals surface area contributed by atoms with Crippen molar-refractivity contribution in [2.45, 2.75) is 38.1 Å². The van der Waals surface area contributed by atoms with Crippen molar-refractivity contribution in [1.29, 1.82) is 0 Å². The highest BCUT2D eigenvalue weighted by Gasteiger charge is 2.29. The van der Waals surface area contributed by atoms with Crippen LogP contribution in [0.3, 0.4) is 0 Å². The molecule has 2 N–H and O–H groups in total. The Morgan fingerprint density at radius 1 is 1.19 bits per heavy atom. The Labute approximate surface area is 154 Å². The number of amides is 1. The van der Waals surface area contributed by atoms with Crippen molar-refractivity contribution in [2.24, 2.45) is 10.1 Å². The van der Waals surface area contributed by atoms with Gasteiger partial charge in [0.25, 0.3) is 5.91 Å². The van der Waals surface area contributed by atoms with E-state index in [-0.39, 0.29) is 5.41 Å². The van der Waals surface area contributed by atoms with Gasteiger partial charge in [0.1, 0.15) is 0 Å². The van der Waals surface area contributed by atoms with Crippen LogP contribution in [0.5, 0.6) is 0 Å². The third kappa shape index (κ3) is 4.16. The molecule has 0 fully saturated rings. The lowest BCUT2D eigenvalue weighted by atomic mass is 9.86. The van der Waals surface area contributed by atoms with Gasteiger partial charge in [0.2, 0.25) is 0 Å². The number of benzene rings is 1. The average molecular weight is 372 g/mol. The van der Waals surface area contributed by atoms with E-state index in [0.717, 1.165) is 17.0 Å². The summed E-state index contributed by atoms with van der Waals surface area (Å²) < 4.78 is 16.7. The molecule has 1 aromatic heterocycles. The van der Waals surface area contributed by atoms with Gasteiger partial charge in [-0.3, -0.25) is 14.8 Å². The fourth-order valence-corrected chi connectivity index (χ4v) is 5.14. The molecular formula is C19H24N4O2S. The van der Waals surface area contributed by atoms with Gasteiger partial charge in [-0.15, -0.1) is 0 Å². The Bertz CT molecular complexity index is 901. The summed E-state index contributed by atoms with van der Waals surface area (Å²) in [5, 5.41) is 0. The normalized spacial score (nSPS) is 23.5. The third-order valence-corrected chi connectivity index (χ3v) is 7.01. The van der Waals surface area contributed by atoms with E-state index in [4.69, 9.17) is 5.73 Å². The fraction of sp³-hybridized carbons (Fsp3) is 0.421. The maximum atomic E-state index is 12.8. The van der Waals surface area contributed by atoms with Crippen LogP contribution in [0.4, 0.5) is 0 Å². The smallest absolute Gasteiger partial charge is 0.270 e. The van der Waals surface area contributed by atoms with Crippen molar-refractivity contribution in [3.8, 4) is 11.3 Å². The number of rotatable bonds is 5. The molecule has 0 radical (unpaired) electrons. The number of nitrogens with zero attached hydrogens (tertiary/aromatic N) is 3. The van der Waals surface area contributed by atoms with Gasteiger partial charge in [0.15, 0.2) is 0 Å². The number of hydrogen-bond donors (Lipinski definition) is 1. The number of carbonyl (C=O) groups is 1. The van der Waals surface area contributed by atoms with Crippen LogP contribution in [-0.2, 0) is 19.9 Å². The molecule has 0 saturated heterocycles. The second-order valence-corrected chi connectivity index (χ2v) is 9.84. The maximum absolute atomic E-state index is 12.8. The van der Waals surface area contributed by atoms with Gasteiger partial charge in [0, 0.05) is 28.7 Å². The molecule has 0 spiro atoms. The summed E-state index contributed by atoms with van der Waals surface area (Å²) in [5.74, 6) is 0.306. The van der Waals surface area contributed by atoms with Gasteiger partial charge < -0.3 is 5.73 Å². The summed E-state index contributed by atoms with van der Waals surface area (Å²) in [6.45, 7) is 4.08. The summed E-state index contributed by atoms with van der Waals surface area (Å²) in [5.41, 5.74) is 8.00. The predicted molar refractivity (Wildman–Crippen MR) is 103 cm³/mol. The monoisotopic (exact) mass is 372 g/mol. The molecule has 3 rings (SSSR count). The molecule has 7 heteroatoms. The van der Waals surface area contributed by atoms with E-state index in [1.807, 2.05) is 44.2 Å². The van der Waals surface area contributed by atoms with Crippen molar-refractivity contribution in [3.63, 3.8) is 0 Å². The predicted octanol–water partition coefficient (Wildman–Crippen LogP) is 2.54. The summed E-state index contributed by atoms with van der Waals surface area (Å²) >= 11 is 0. The lowest BCUT2D eigenvalue weighted by Crippen LogP contribution is -2.37. The minimum Gasteiger partial charge on any atom is -0.320 e. The number of nitrogens with two attached hydrogens (primary N) is 1. The van der Waals surface area contributed by atoms with Crippen LogP contribution in [0.15, 0.2) is 47.1 Å². The largest absolute Gasteiger partial charge is 0.320 e. The molecule has 138 valence electrons. The molecule has 0 aliphatic carbocycles. The second-order valence-electron chi connectivity index (χ2n) is 7.29. The highest BCUT2D eigenvalue weighted by atomic mass is 32.2. The SMILES string of the molecule is CC(C)(CCS1(=O)=NC(=O)C(N)CC1)c1cnc(-c2ccccc2)cn1. The maximum Gasteiger partial charge on any atom is 0.270 e. The summed E-state index contributed by atoms with van der Waals surface area (Å²) in [7, 11) is -2.52. The first-order chi connectivity index (χ1) is 12.3. The zero-order valence-corrected chi connectivity index (χ0v) is 15.9. The number of aromatic nitrogens is 2. The standard InChI is InChI=1S/C19H24N4O2S/c1-19(2,9-11-26(25)10-8-15(20)18(24)23-26)17-13-21-16(12-22-17)14-6-4-3-5-7-14/h3-7,12-13,15H,8-11,20H2,1-2H3. The molecule has 1 aromatic carbocycles. The van der Waals surface area contributed by atoms with Crippen molar-refractivity contribution in [3.05, 3.63) is 48.4 Å². The van der Waals surface area contributed by atoms with E-state index >= 15 is 0 Å². The summed E-state index contributed by atoms with van der Waals surface area (Å²) in [6, 6.07) is 9.27. The van der Waals surface area contributed by atoms with Crippen LogP contribution in [0.25, 0.3) is 11.3 Å². The van der Waals surface area contributed by atoms with E-state index < -0.39 is 21.7 Å². The topological polar surface area (TPSA) is 98.3 Å². The molecule has 2 aromatic rings. The van der Waals surface area contributed by atoms with Crippen molar-refractivity contribution < 1.29 is 9.00 Å². The van der Waals surface area contributed by atoms with Crippen LogP contribution < -0.4 is 5.73 Å². The van der Waals surface area contributed by atoms with E-state index in [1.165, 1.54) is 0 Å². The Kier molecular flexibility index (Phi) is 5.20. The lowest BCUT2D eigenvalue weighted by molar-refractivity contribution is -0.119. The minimum atomic E-state index is -2.52. The van der Waals surface area contributed by atoms with Gasteiger partial charge in [-0.2, -0.15) is 4.36 Å². The van der Waals surface area contributed by atoms with Crippen LogP contribution in [-0.4, -0.2) is 37.6 Å². The molecule has 2 heterocycles.